The van der Waals surface area contributed by atoms with Crippen LogP contribution in [-0.4, -0.2) is 25.2 Å². The second-order valence-corrected chi connectivity index (χ2v) is 5.81. The first kappa shape index (κ1) is 13.8. The van der Waals surface area contributed by atoms with Gasteiger partial charge in [0.15, 0.2) is 9.84 Å². The summed E-state index contributed by atoms with van der Waals surface area (Å²) in [5, 5.41) is 8.40. The maximum atomic E-state index is 11.7. The highest BCUT2D eigenvalue weighted by Gasteiger charge is 2.22. The van der Waals surface area contributed by atoms with Crippen LogP contribution < -0.4 is 0 Å². The molecule has 17 heavy (non-hydrogen) atoms. The average molecular weight is 293 g/mol. The summed E-state index contributed by atoms with van der Waals surface area (Å²) in [5.41, 5.74) is -0.380. The molecule has 1 N–H and O–H groups in total. The summed E-state index contributed by atoms with van der Waals surface area (Å²) >= 11 is 11.3. The summed E-state index contributed by atoms with van der Waals surface area (Å²) in [5.74, 6) is 0.0214. The van der Waals surface area contributed by atoms with Crippen molar-refractivity contribution in [1.29, 1.82) is 0 Å². The van der Waals surface area contributed by atoms with Crippen molar-refractivity contribution in [3.63, 3.8) is 0 Å². The highest BCUT2D eigenvalue weighted by atomic mass is 35.5. The first-order valence-electron chi connectivity index (χ1n) is 4.18. The second-order valence-electron chi connectivity index (χ2n) is 3.03. The Morgan fingerprint density at radius 1 is 1.41 bits per heavy atom. The number of carboxylic acids is 1. The molecule has 0 unspecified atom stereocenters. The van der Waals surface area contributed by atoms with Crippen LogP contribution in [0.25, 0.3) is 0 Å². The second kappa shape index (κ2) is 4.96. The van der Waals surface area contributed by atoms with Crippen molar-refractivity contribution >= 4 is 39.0 Å². The van der Waals surface area contributed by atoms with Crippen molar-refractivity contribution < 1.29 is 18.3 Å². The highest BCUT2D eigenvalue weighted by molar-refractivity contribution is 7.91. The molecule has 0 aliphatic carbocycles. The Labute approximate surface area is 108 Å². The van der Waals surface area contributed by atoms with Crippen LogP contribution in [0.2, 0.25) is 10.0 Å². The monoisotopic (exact) mass is 292 g/mol. The van der Waals surface area contributed by atoms with Gasteiger partial charge in [0, 0.05) is 5.02 Å². The van der Waals surface area contributed by atoms with Crippen LogP contribution >= 0.6 is 23.2 Å². The molecule has 0 aromatic heterocycles. The van der Waals surface area contributed by atoms with Crippen LogP contribution in [0.4, 0.5) is 0 Å². The maximum absolute atomic E-state index is 11.7. The van der Waals surface area contributed by atoms with E-state index < -0.39 is 26.6 Å². The van der Waals surface area contributed by atoms with Crippen LogP contribution in [0.5, 0.6) is 0 Å². The first-order chi connectivity index (χ1) is 7.79. The van der Waals surface area contributed by atoms with Crippen molar-refractivity contribution in [3.8, 4) is 12.3 Å². The minimum Gasteiger partial charge on any atom is -0.478 e. The maximum Gasteiger partial charge on any atom is 0.337 e. The van der Waals surface area contributed by atoms with Gasteiger partial charge in [0.2, 0.25) is 0 Å². The van der Waals surface area contributed by atoms with Crippen LogP contribution in [0, 0.1) is 12.3 Å². The number of halogens is 2. The van der Waals surface area contributed by atoms with Crippen LogP contribution in [-0.2, 0) is 9.84 Å². The van der Waals surface area contributed by atoms with Gasteiger partial charge in [-0.1, -0.05) is 29.1 Å². The molecule has 0 saturated carbocycles. The molecule has 0 amide bonds. The number of terminal acetylenes is 1. The van der Waals surface area contributed by atoms with Gasteiger partial charge in [0.05, 0.1) is 15.5 Å². The van der Waals surface area contributed by atoms with Crippen molar-refractivity contribution in [1.82, 2.24) is 0 Å². The van der Waals surface area contributed by atoms with E-state index >= 15 is 0 Å². The Morgan fingerprint density at radius 2 is 2.00 bits per heavy atom. The van der Waals surface area contributed by atoms with Crippen molar-refractivity contribution in [2.24, 2.45) is 0 Å². The van der Waals surface area contributed by atoms with Gasteiger partial charge >= 0.3 is 5.97 Å². The molecule has 0 radical (unpaired) electrons. The third-order valence-corrected chi connectivity index (χ3v) is 4.12. The highest BCUT2D eigenvalue weighted by Crippen LogP contribution is 2.30. The molecular formula is C10H6Cl2O4S. The third-order valence-electron chi connectivity index (χ3n) is 1.84. The first-order valence-corrected chi connectivity index (χ1v) is 6.59. The van der Waals surface area contributed by atoms with Crippen LogP contribution in [0.3, 0.4) is 0 Å². The van der Waals surface area contributed by atoms with Gasteiger partial charge in [-0.2, -0.15) is 0 Å². The van der Waals surface area contributed by atoms with Gasteiger partial charge in [-0.15, -0.1) is 6.42 Å². The Kier molecular flexibility index (Phi) is 4.04. The predicted octanol–water partition coefficient (Wildman–Crippen LogP) is 2.10. The van der Waals surface area contributed by atoms with E-state index in [1.54, 1.807) is 0 Å². The van der Waals surface area contributed by atoms with E-state index in [1.807, 2.05) is 5.92 Å². The molecule has 0 spiro atoms. The molecule has 0 aliphatic rings. The van der Waals surface area contributed by atoms with Crippen molar-refractivity contribution in [3.05, 3.63) is 27.7 Å². The van der Waals surface area contributed by atoms with Crippen LogP contribution in [0.1, 0.15) is 10.4 Å². The van der Waals surface area contributed by atoms with E-state index in [0.717, 1.165) is 12.1 Å². The molecular weight excluding hydrogens is 287 g/mol. The normalized spacial score (nSPS) is 10.9. The summed E-state index contributed by atoms with van der Waals surface area (Å²) in [4.78, 5) is 10.5. The molecule has 0 atom stereocenters. The van der Waals surface area contributed by atoms with Gasteiger partial charge in [-0.05, 0) is 12.1 Å². The van der Waals surface area contributed by atoms with E-state index in [2.05, 4.69) is 0 Å². The van der Waals surface area contributed by atoms with Gasteiger partial charge in [-0.25, -0.2) is 13.2 Å². The summed E-state index contributed by atoms with van der Waals surface area (Å²) < 4.78 is 23.4. The minimum absolute atomic E-state index is 0.0394. The Balaban J connectivity index is 3.57. The van der Waals surface area contributed by atoms with E-state index in [4.69, 9.17) is 34.7 Å². The molecule has 0 heterocycles. The fraction of sp³-hybridized carbons (Fsp3) is 0.100. The van der Waals surface area contributed by atoms with E-state index in [9.17, 15) is 13.2 Å². The number of carboxylic acid groups (broad SMARTS) is 1. The quantitative estimate of drug-likeness (QED) is 0.866. The van der Waals surface area contributed by atoms with Crippen molar-refractivity contribution in [2.45, 2.75) is 4.90 Å². The number of hydrogen-bond donors (Lipinski definition) is 1. The Bertz CT molecular complexity index is 614. The lowest BCUT2D eigenvalue weighted by Crippen LogP contribution is -2.09. The molecule has 1 rings (SSSR count). The van der Waals surface area contributed by atoms with E-state index in [0.29, 0.717) is 0 Å². The fourth-order valence-corrected chi connectivity index (χ4v) is 3.02. The largest absolute Gasteiger partial charge is 0.478 e. The Morgan fingerprint density at radius 3 is 2.47 bits per heavy atom. The lowest BCUT2D eigenvalue weighted by molar-refractivity contribution is 0.0697. The molecule has 0 aliphatic heterocycles. The lowest BCUT2D eigenvalue weighted by Gasteiger charge is -2.07. The molecule has 1 aromatic carbocycles. The molecule has 0 bridgehead atoms. The molecule has 0 saturated heterocycles. The topological polar surface area (TPSA) is 71.4 Å². The van der Waals surface area contributed by atoms with E-state index in [-0.39, 0.29) is 15.5 Å². The molecule has 1 aromatic rings. The number of rotatable bonds is 3. The molecule has 0 fully saturated rings. The molecule has 4 nitrogen and oxygen atoms in total. The number of hydrogen-bond acceptors (Lipinski definition) is 3. The number of carbonyl (C=O) groups is 1. The van der Waals surface area contributed by atoms with Gasteiger partial charge < -0.3 is 5.11 Å². The zero-order valence-corrected chi connectivity index (χ0v) is 10.6. The predicted molar refractivity (Wildman–Crippen MR) is 64.3 cm³/mol. The lowest BCUT2D eigenvalue weighted by atomic mass is 10.2. The fourth-order valence-electron chi connectivity index (χ4n) is 1.13. The summed E-state index contributed by atoms with van der Waals surface area (Å²) in [7, 11) is -3.84. The number of aromatic carboxylic acids is 1. The zero-order valence-electron chi connectivity index (χ0n) is 8.28. The van der Waals surface area contributed by atoms with Gasteiger partial charge in [0.25, 0.3) is 0 Å². The standard InChI is InChI=1S/C10H6Cl2O4S/c1-2-3-17(15,16)8-5-6(11)4-7(9(8)12)10(13)14/h1,4-5H,3H2,(H,13,14). The van der Waals surface area contributed by atoms with Gasteiger partial charge in [-0.3, -0.25) is 0 Å². The van der Waals surface area contributed by atoms with Gasteiger partial charge in [0.1, 0.15) is 5.75 Å². The molecule has 7 heteroatoms. The average Bonchev–Trinajstić information content (AvgIpc) is 2.20. The summed E-state index contributed by atoms with van der Waals surface area (Å²) in [6.07, 6.45) is 4.92. The summed E-state index contributed by atoms with van der Waals surface area (Å²) in [6, 6.07) is 2.14. The minimum atomic E-state index is -3.84. The van der Waals surface area contributed by atoms with Crippen molar-refractivity contribution in [2.75, 3.05) is 5.75 Å². The third kappa shape index (κ3) is 2.91. The number of benzene rings is 1. The molecule has 90 valence electrons. The van der Waals surface area contributed by atoms with Crippen LogP contribution in [0.15, 0.2) is 17.0 Å². The SMILES string of the molecule is C#CCS(=O)(=O)c1cc(Cl)cc(C(=O)O)c1Cl. The smallest absolute Gasteiger partial charge is 0.337 e. The Hall–Kier alpha value is -1.22. The number of sulfone groups is 1. The zero-order chi connectivity index (χ0) is 13.2. The summed E-state index contributed by atoms with van der Waals surface area (Å²) in [6.45, 7) is 0. The van der Waals surface area contributed by atoms with E-state index in [1.165, 1.54) is 0 Å².